The number of aliphatic hydroxyl groups excluding tert-OH is 1. The second-order valence-electron chi connectivity index (χ2n) is 10.6. The summed E-state index contributed by atoms with van der Waals surface area (Å²) in [5.74, 6) is -3.13. The average Bonchev–Trinajstić information content (AvgIpc) is 3.28. The predicted molar refractivity (Wildman–Crippen MR) is 143 cm³/mol. The lowest BCUT2D eigenvalue weighted by molar-refractivity contribution is -0.161. The summed E-state index contributed by atoms with van der Waals surface area (Å²) in [7, 11) is 0. The second-order valence-corrected chi connectivity index (χ2v) is 11.0. The van der Waals surface area contributed by atoms with Gasteiger partial charge in [0.25, 0.3) is 5.91 Å². The number of fused-ring (bicyclic) bond motifs is 2. The number of likely N-dealkylation sites (tertiary alicyclic amines) is 1. The molecule has 1 aromatic rings. The van der Waals surface area contributed by atoms with E-state index in [4.69, 9.17) is 21.1 Å². The first-order chi connectivity index (χ1) is 18.3. The number of rotatable bonds is 5. The number of benzene rings is 1. The van der Waals surface area contributed by atoms with Crippen molar-refractivity contribution in [2.24, 2.45) is 11.8 Å². The van der Waals surface area contributed by atoms with E-state index in [9.17, 15) is 19.5 Å². The van der Waals surface area contributed by atoms with Crippen molar-refractivity contribution < 1.29 is 29.0 Å². The van der Waals surface area contributed by atoms with Crippen molar-refractivity contribution in [1.82, 2.24) is 4.90 Å². The zero-order valence-electron chi connectivity index (χ0n) is 22.1. The number of carbonyl (C=O) groups is 3. The van der Waals surface area contributed by atoms with E-state index in [1.807, 2.05) is 51.1 Å². The molecule has 38 heavy (non-hydrogen) atoms. The van der Waals surface area contributed by atoms with E-state index in [1.165, 1.54) is 4.90 Å². The maximum Gasteiger partial charge on any atom is 0.313 e. The number of cyclic esters (lactones) is 1. The van der Waals surface area contributed by atoms with Crippen molar-refractivity contribution in [3.05, 3.63) is 53.1 Å². The first-order valence-corrected chi connectivity index (χ1v) is 13.9. The number of amides is 2. The van der Waals surface area contributed by atoms with Crippen molar-refractivity contribution in [1.29, 1.82) is 0 Å². The van der Waals surface area contributed by atoms with Crippen LogP contribution in [0.4, 0.5) is 5.69 Å². The molecule has 0 aliphatic carbocycles. The van der Waals surface area contributed by atoms with E-state index in [2.05, 4.69) is 0 Å². The zero-order chi connectivity index (χ0) is 27.2. The van der Waals surface area contributed by atoms with Gasteiger partial charge in [-0.1, -0.05) is 61.9 Å². The summed E-state index contributed by atoms with van der Waals surface area (Å²) in [4.78, 5) is 45.6. The molecule has 6 atom stereocenters. The normalized spacial score (nSPS) is 34.4. The fourth-order valence-electron chi connectivity index (χ4n) is 6.79. The lowest BCUT2D eigenvalue weighted by Crippen LogP contribution is -2.59. The van der Waals surface area contributed by atoms with E-state index in [0.717, 1.165) is 5.56 Å². The molecule has 4 aliphatic heterocycles. The van der Waals surface area contributed by atoms with Crippen LogP contribution in [0.15, 0.2) is 42.5 Å². The first kappa shape index (κ1) is 26.9. The summed E-state index contributed by atoms with van der Waals surface area (Å²) in [6, 6.07) is 3.72. The van der Waals surface area contributed by atoms with Gasteiger partial charge in [-0.15, -0.1) is 0 Å². The Labute approximate surface area is 228 Å². The smallest absolute Gasteiger partial charge is 0.313 e. The number of ether oxygens (including phenoxy) is 2. The Morgan fingerprint density at radius 1 is 1.13 bits per heavy atom. The highest BCUT2D eigenvalue weighted by atomic mass is 35.5. The summed E-state index contributed by atoms with van der Waals surface area (Å²) >= 11 is 6.59. The summed E-state index contributed by atoms with van der Waals surface area (Å²) < 4.78 is 12.6. The number of esters is 1. The van der Waals surface area contributed by atoms with Crippen LogP contribution < -0.4 is 4.90 Å². The third kappa shape index (κ3) is 3.83. The van der Waals surface area contributed by atoms with Crippen LogP contribution in [-0.4, -0.2) is 70.8 Å². The number of carbonyl (C=O) groups excluding carboxylic acids is 3. The molecular formula is C29H35ClN2O6. The Balaban J connectivity index is 1.72. The molecule has 0 radical (unpaired) electrons. The first-order valence-electron chi connectivity index (χ1n) is 13.5. The summed E-state index contributed by atoms with van der Waals surface area (Å²) in [5, 5.41) is 10.7. The fraction of sp³-hybridized carbons (Fsp3) is 0.552. The van der Waals surface area contributed by atoms with Gasteiger partial charge in [0, 0.05) is 6.54 Å². The Morgan fingerprint density at radius 3 is 2.61 bits per heavy atom. The highest BCUT2D eigenvalue weighted by Gasteiger charge is 2.75. The Bertz CT molecular complexity index is 1180. The molecule has 2 saturated heterocycles. The average molecular weight is 543 g/mol. The quantitative estimate of drug-likeness (QED) is 0.451. The summed E-state index contributed by atoms with van der Waals surface area (Å²) in [5.41, 5.74) is -1.13. The topological polar surface area (TPSA) is 96.4 Å². The number of anilines is 1. The standard InChI is InChI=1S/C29H35ClN2O6/c1-4-19(17-33)32-24-26(35)31(23-18(3)11-9-12-20(23)30)15-10-14-29(24)21(25(32)34)22-27(36)37-16-8-6-7-13-28(22,5-2)38-29/h7,9-14,19,21-22,24,33H,4-6,8,15-17H2,1-3H3/b13-7-/t19-,21-,22-,24?,28+,29-/m0/s1. The molecule has 0 bridgehead atoms. The van der Waals surface area contributed by atoms with Crippen molar-refractivity contribution >= 4 is 35.1 Å². The maximum atomic E-state index is 14.6. The molecule has 2 fully saturated rings. The van der Waals surface area contributed by atoms with Crippen LogP contribution in [0, 0.1) is 18.8 Å². The van der Waals surface area contributed by atoms with Crippen LogP contribution in [0.25, 0.3) is 0 Å². The molecule has 9 heteroatoms. The van der Waals surface area contributed by atoms with Gasteiger partial charge < -0.3 is 24.4 Å². The molecule has 1 unspecified atom stereocenters. The van der Waals surface area contributed by atoms with Gasteiger partial charge in [0.05, 0.1) is 35.9 Å². The van der Waals surface area contributed by atoms with E-state index >= 15 is 0 Å². The molecule has 1 N–H and O–H groups in total. The monoisotopic (exact) mass is 542 g/mol. The number of hydrogen-bond acceptors (Lipinski definition) is 6. The lowest BCUT2D eigenvalue weighted by atomic mass is 9.73. The highest BCUT2D eigenvalue weighted by molar-refractivity contribution is 6.34. The van der Waals surface area contributed by atoms with Gasteiger partial charge >= 0.3 is 5.97 Å². The van der Waals surface area contributed by atoms with E-state index in [1.54, 1.807) is 17.0 Å². The molecule has 1 spiro atoms. The number of allylic oxidation sites excluding steroid dienone is 1. The van der Waals surface area contributed by atoms with Crippen molar-refractivity contribution in [2.45, 2.75) is 69.7 Å². The molecule has 0 aromatic heterocycles. The number of nitrogens with zero attached hydrogens (tertiary/aromatic N) is 2. The van der Waals surface area contributed by atoms with Crippen LogP contribution in [0.5, 0.6) is 0 Å². The van der Waals surface area contributed by atoms with Crippen molar-refractivity contribution in [3.63, 3.8) is 0 Å². The Morgan fingerprint density at radius 2 is 1.92 bits per heavy atom. The van der Waals surface area contributed by atoms with Gasteiger partial charge in [-0.05, 0) is 44.2 Å². The molecule has 1 aromatic carbocycles. The molecular weight excluding hydrogens is 508 g/mol. The Kier molecular flexibility index (Phi) is 7.18. The van der Waals surface area contributed by atoms with Gasteiger partial charge in [0.1, 0.15) is 23.2 Å². The molecule has 2 amide bonds. The number of hydrogen-bond donors (Lipinski definition) is 1. The number of para-hydroxylation sites is 1. The van der Waals surface area contributed by atoms with Gasteiger partial charge in [-0.25, -0.2) is 0 Å². The van der Waals surface area contributed by atoms with E-state index in [0.29, 0.717) is 36.4 Å². The molecule has 0 saturated carbocycles. The van der Waals surface area contributed by atoms with Gasteiger partial charge in [-0.2, -0.15) is 0 Å². The third-order valence-electron chi connectivity index (χ3n) is 8.60. The maximum absolute atomic E-state index is 14.6. The highest BCUT2D eigenvalue weighted by Crippen LogP contribution is 2.59. The number of aliphatic hydroxyl groups is 1. The van der Waals surface area contributed by atoms with E-state index < -0.39 is 41.1 Å². The minimum Gasteiger partial charge on any atom is -0.465 e. The minimum absolute atomic E-state index is 0.222. The van der Waals surface area contributed by atoms with Crippen LogP contribution in [0.1, 0.15) is 45.1 Å². The number of aryl methyl sites for hydroxylation is 1. The molecule has 4 aliphatic rings. The molecule has 4 heterocycles. The van der Waals surface area contributed by atoms with Gasteiger partial charge in [0.15, 0.2) is 0 Å². The van der Waals surface area contributed by atoms with Crippen LogP contribution in [0.2, 0.25) is 5.02 Å². The zero-order valence-corrected chi connectivity index (χ0v) is 22.8. The van der Waals surface area contributed by atoms with E-state index in [-0.39, 0.29) is 31.6 Å². The van der Waals surface area contributed by atoms with Crippen LogP contribution in [-0.2, 0) is 23.9 Å². The third-order valence-corrected chi connectivity index (χ3v) is 8.91. The van der Waals surface area contributed by atoms with Crippen LogP contribution in [0.3, 0.4) is 0 Å². The minimum atomic E-state index is -1.41. The molecule has 8 nitrogen and oxygen atoms in total. The second kappa shape index (κ2) is 10.1. The molecule has 5 rings (SSSR count). The Hall–Kier alpha value is -2.68. The number of halogens is 1. The largest absolute Gasteiger partial charge is 0.465 e. The van der Waals surface area contributed by atoms with Crippen LogP contribution >= 0.6 is 11.6 Å². The lowest BCUT2D eigenvalue weighted by Gasteiger charge is -2.40. The van der Waals surface area contributed by atoms with Crippen molar-refractivity contribution in [2.75, 3.05) is 24.7 Å². The molecule has 204 valence electrons. The van der Waals surface area contributed by atoms with Crippen molar-refractivity contribution in [3.8, 4) is 0 Å². The summed E-state index contributed by atoms with van der Waals surface area (Å²) in [6.07, 6.45) is 9.75. The van der Waals surface area contributed by atoms with Gasteiger partial charge in [0.2, 0.25) is 5.91 Å². The summed E-state index contributed by atoms with van der Waals surface area (Å²) in [6.45, 7) is 5.81. The fourth-order valence-corrected chi connectivity index (χ4v) is 7.11. The SMILES string of the molecule is CC[C@@H](CO)N1C(=O)[C@@H]2[C@H]3C(=O)OCCC/C=C\[C@@]3(CC)O[C@@]23C=CCN(c2c(C)cccc2Cl)C(=O)C13. The predicted octanol–water partition coefficient (Wildman–Crippen LogP) is 3.58. The van der Waals surface area contributed by atoms with Gasteiger partial charge in [-0.3, -0.25) is 14.4 Å².